The van der Waals surface area contributed by atoms with Crippen LogP contribution < -0.4 is 0 Å². The number of unbranched alkanes of at least 4 members (excludes halogenated alkanes) is 44. The van der Waals surface area contributed by atoms with E-state index in [2.05, 4.69) is 41.5 Å². The fourth-order valence-electron chi connectivity index (χ4n) is 11.6. The first-order chi connectivity index (χ1) is 45.9. The van der Waals surface area contributed by atoms with Crippen LogP contribution in [-0.4, -0.2) is 96.7 Å². The van der Waals surface area contributed by atoms with Crippen LogP contribution in [-0.2, 0) is 65.4 Å². The Morgan fingerprint density at radius 1 is 0.305 bits per heavy atom. The third-order valence-electron chi connectivity index (χ3n) is 18.1. The molecule has 17 nitrogen and oxygen atoms in total. The van der Waals surface area contributed by atoms with Crippen molar-refractivity contribution in [3.63, 3.8) is 0 Å². The molecule has 3 unspecified atom stereocenters. The molecule has 0 fully saturated rings. The fraction of sp³-hybridized carbons (Fsp3) is 0.947. The van der Waals surface area contributed by atoms with E-state index in [1.165, 1.54) is 199 Å². The second-order valence-electron chi connectivity index (χ2n) is 28.1. The molecule has 95 heavy (non-hydrogen) atoms. The van der Waals surface area contributed by atoms with Crippen LogP contribution in [0.2, 0.25) is 0 Å². The van der Waals surface area contributed by atoms with Crippen molar-refractivity contribution in [3.8, 4) is 0 Å². The van der Waals surface area contributed by atoms with Crippen LogP contribution in [0.5, 0.6) is 0 Å². The fourth-order valence-corrected chi connectivity index (χ4v) is 13.2. The Kier molecular flexibility index (Phi) is 66.5. The van der Waals surface area contributed by atoms with Gasteiger partial charge in [0, 0.05) is 25.7 Å². The Morgan fingerprint density at radius 3 is 0.800 bits per heavy atom. The first kappa shape index (κ1) is 93.1. The van der Waals surface area contributed by atoms with Gasteiger partial charge in [-0.2, -0.15) is 0 Å². The summed E-state index contributed by atoms with van der Waals surface area (Å²) in [6.45, 7) is 9.60. The zero-order valence-electron chi connectivity index (χ0n) is 62.0. The molecule has 3 N–H and O–H groups in total. The van der Waals surface area contributed by atoms with Crippen LogP contribution in [0.1, 0.15) is 395 Å². The van der Waals surface area contributed by atoms with Gasteiger partial charge >= 0.3 is 39.5 Å². The van der Waals surface area contributed by atoms with Crippen LogP contribution >= 0.6 is 15.6 Å². The third-order valence-corrected chi connectivity index (χ3v) is 20.0. The zero-order valence-corrected chi connectivity index (χ0v) is 63.8. The summed E-state index contributed by atoms with van der Waals surface area (Å²) >= 11 is 0. The van der Waals surface area contributed by atoms with Crippen molar-refractivity contribution in [1.29, 1.82) is 0 Å². The molecule has 0 rings (SSSR count). The van der Waals surface area contributed by atoms with E-state index < -0.39 is 97.5 Å². The Morgan fingerprint density at radius 2 is 0.537 bits per heavy atom. The molecule has 0 aromatic carbocycles. The predicted molar refractivity (Wildman–Crippen MR) is 386 cm³/mol. The number of ether oxygens (including phenoxy) is 4. The number of phosphoric acid groups is 2. The lowest BCUT2D eigenvalue weighted by Crippen LogP contribution is -2.30. The summed E-state index contributed by atoms with van der Waals surface area (Å²) in [5.74, 6) is -0.521. The second-order valence-corrected chi connectivity index (χ2v) is 31.0. The number of phosphoric ester groups is 2. The molecule has 0 heterocycles. The second kappa shape index (κ2) is 67.9. The highest BCUT2D eigenvalue weighted by Crippen LogP contribution is 2.45. The normalized spacial score (nSPS) is 14.3. The molecule has 0 aliphatic heterocycles. The standard InChI is InChI=1S/C76H148O17P2/c1-7-10-12-14-16-17-18-19-20-21-22-26-29-35-41-47-53-59-74(79)87-65-72(93-75(80)60-54-48-42-36-30-27-24-23-25-28-34-40-45-51-57-69(6)9-3)67-91-95(84,85)89-63-70(77)62-88-94(82,83)90-66-71(64-86-73(78)58-52-46-38-15-13-11-8-2)92-76(81)61-55-49-43-37-32-31-33-39-44-50-56-68(4)5/h68-72,77H,7-67H2,1-6H3,(H,82,83)(H,84,85)/t69?,70-,71+,72+/m0/s1. The van der Waals surface area contributed by atoms with Gasteiger partial charge in [0.15, 0.2) is 12.2 Å². The third kappa shape index (κ3) is 69.0. The molecule has 0 aromatic rings. The number of esters is 4. The Labute approximate surface area is 581 Å². The van der Waals surface area contributed by atoms with Gasteiger partial charge in [-0.15, -0.1) is 0 Å². The minimum atomic E-state index is -4.96. The number of hydrogen-bond acceptors (Lipinski definition) is 15. The summed E-state index contributed by atoms with van der Waals surface area (Å²) < 4.78 is 68.4. The first-order valence-corrected chi connectivity index (χ1v) is 42.5. The van der Waals surface area contributed by atoms with Gasteiger partial charge in [-0.1, -0.05) is 343 Å². The highest BCUT2D eigenvalue weighted by Gasteiger charge is 2.30. The Bertz CT molecular complexity index is 1840. The molecule has 6 atom stereocenters. The van der Waals surface area contributed by atoms with Gasteiger partial charge in [0.2, 0.25) is 0 Å². The van der Waals surface area contributed by atoms with Gasteiger partial charge in [0.25, 0.3) is 0 Å². The SMILES string of the molecule is CCCCCCCCCCCCCCCCCCCC(=O)OC[C@H](COP(=O)(O)OC[C@@H](O)COP(=O)(O)OC[C@@H](COC(=O)CCCCCCCCC)OC(=O)CCCCCCCCCCCCC(C)C)OC(=O)CCCCCCCCCCCCCCCCC(C)CC. The molecule has 0 radical (unpaired) electrons. The van der Waals surface area contributed by atoms with Gasteiger partial charge in [-0.05, 0) is 37.5 Å². The van der Waals surface area contributed by atoms with Gasteiger partial charge in [-0.25, -0.2) is 9.13 Å². The molecule has 0 amide bonds. The maximum absolute atomic E-state index is 13.1. The summed E-state index contributed by atoms with van der Waals surface area (Å²) in [7, 11) is -9.91. The average molecular weight is 1400 g/mol. The maximum Gasteiger partial charge on any atom is 0.472 e. The Balaban J connectivity index is 5.20. The summed E-state index contributed by atoms with van der Waals surface area (Å²) in [5, 5.41) is 10.6. The van der Waals surface area contributed by atoms with E-state index in [9.17, 15) is 43.2 Å². The van der Waals surface area contributed by atoms with Crippen LogP contribution in [0.3, 0.4) is 0 Å². The van der Waals surface area contributed by atoms with Crippen LogP contribution in [0.25, 0.3) is 0 Å². The zero-order chi connectivity index (χ0) is 70.0. The van der Waals surface area contributed by atoms with E-state index in [1.54, 1.807) is 0 Å². The predicted octanol–water partition coefficient (Wildman–Crippen LogP) is 22.3. The van der Waals surface area contributed by atoms with Crippen molar-refractivity contribution in [2.75, 3.05) is 39.6 Å². The molecule has 0 saturated heterocycles. The lowest BCUT2D eigenvalue weighted by atomic mass is 9.99. The van der Waals surface area contributed by atoms with E-state index in [-0.39, 0.29) is 25.7 Å². The highest BCUT2D eigenvalue weighted by molar-refractivity contribution is 7.47. The van der Waals surface area contributed by atoms with E-state index in [0.29, 0.717) is 25.7 Å². The Hall–Kier alpha value is -1.94. The topological polar surface area (TPSA) is 237 Å². The molecule has 0 aromatic heterocycles. The van der Waals surface area contributed by atoms with E-state index in [4.69, 9.17) is 37.0 Å². The monoisotopic (exact) mass is 1400 g/mol. The lowest BCUT2D eigenvalue weighted by molar-refractivity contribution is -0.161. The van der Waals surface area contributed by atoms with Crippen LogP contribution in [0.4, 0.5) is 0 Å². The number of rotatable bonds is 75. The van der Waals surface area contributed by atoms with Crippen molar-refractivity contribution in [3.05, 3.63) is 0 Å². The minimum absolute atomic E-state index is 0.106. The smallest absolute Gasteiger partial charge is 0.462 e. The van der Waals surface area contributed by atoms with Crippen LogP contribution in [0, 0.1) is 11.8 Å². The average Bonchev–Trinajstić information content (AvgIpc) is 2.16. The number of hydrogen-bond donors (Lipinski definition) is 3. The summed E-state index contributed by atoms with van der Waals surface area (Å²) in [6.07, 6.45) is 55.6. The van der Waals surface area contributed by atoms with Crippen molar-refractivity contribution < 1.29 is 80.2 Å². The van der Waals surface area contributed by atoms with E-state index >= 15 is 0 Å². The largest absolute Gasteiger partial charge is 0.472 e. The quantitative estimate of drug-likeness (QED) is 0.0222. The van der Waals surface area contributed by atoms with Crippen molar-refractivity contribution in [1.82, 2.24) is 0 Å². The van der Waals surface area contributed by atoms with E-state index in [0.717, 1.165) is 115 Å². The maximum atomic E-state index is 13.1. The molecule has 0 saturated carbocycles. The van der Waals surface area contributed by atoms with Crippen LogP contribution in [0.15, 0.2) is 0 Å². The van der Waals surface area contributed by atoms with Gasteiger partial charge in [0.05, 0.1) is 26.4 Å². The minimum Gasteiger partial charge on any atom is -0.462 e. The van der Waals surface area contributed by atoms with Gasteiger partial charge in [-0.3, -0.25) is 37.3 Å². The molecular weight excluding hydrogens is 1250 g/mol. The molecule has 0 aliphatic rings. The molecule has 0 spiro atoms. The van der Waals surface area contributed by atoms with E-state index in [1.807, 2.05) is 0 Å². The first-order valence-electron chi connectivity index (χ1n) is 39.5. The number of aliphatic hydroxyl groups excluding tert-OH is 1. The lowest BCUT2D eigenvalue weighted by Gasteiger charge is -2.21. The molecular formula is C76H148O17P2. The van der Waals surface area contributed by atoms with Crippen molar-refractivity contribution in [2.45, 2.75) is 413 Å². The van der Waals surface area contributed by atoms with Gasteiger partial charge < -0.3 is 33.8 Å². The number of aliphatic hydroxyl groups is 1. The highest BCUT2D eigenvalue weighted by atomic mass is 31.2. The number of carbonyl (C=O) groups is 4. The van der Waals surface area contributed by atoms with Crippen molar-refractivity contribution >= 4 is 39.5 Å². The molecule has 19 heteroatoms. The molecule has 0 bridgehead atoms. The van der Waals surface area contributed by atoms with Crippen molar-refractivity contribution in [2.24, 2.45) is 11.8 Å². The molecule has 0 aliphatic carbocycles. The summed E-state index contributed by atoms with van der Waals surface area (Å²) in [5.41, 5.74) is 0. The van der Waals surface area contributed by atoms with Gasteiger partial charge in [0.1, 0.15) is 19.3 Å². The number of carbonyl (C=O) groups excluding carboxylic acids is 4. The summed E-state index contributed by atoms with van der Waals surface area (Å²) in [4.78, 5) is 72.7. The molecule has 564 valence electrons. The summed E-state index contributed by atoms with van der Waals surface area (Å²) in [6, 6.07) is 0.